The van der Waals surface area contributed by atoms with Gasteiger partial charge in [0.15, 0.2) is 5.78 Å². The topological polar surface area (TPSA) is 37.3 Å². The fraction of sp³-hybridized carbons (Fsp3) is 0.387. The van der Waals surface area contributed by atoms with E-state index in [0.717, 1.165) is 24.0 Å². The summed E-state index contributed by atoms with van der Waals surface area (Å²) >= 11 is 0. The van der Waals surface area contributed by atoms with Crippen LogP contribution in [0.2, 0.25) is 0 Å². The predicted molar refractivity (Wildman–Crippen MR) is 144 cm³/mol. The molecule has 0 spiro atoms. The molecule has 0 aromatic heterocycles. The highest BCUT2D eigenvalue weighted by atomic mass is 16.3. The number of hydrogen-bond donors (Lipinski definition) is 1. The molecule has 2 heteroatoms. The highest BCUT2D eigenvalue weighted by Gasteiger charge is 2.31. The van der Waals surface area contributed by atoms with Gasteiger partial charge in [0.25, 0.3) is 0 Å². The first-order valence-electron chi connectivity index (χ1n) is 11.7. The van der Waals surface area contributed by atoms with Crippen molar-refractivity contribution in [2.24, 2.45) is 5.41 Å². The number of carbonyl (C=O) groups excluding carboxylic acids is 1. The lowest BCUT2D eigenvalue weighted by Crippen LogP contribution is -2.28. The summed E-state index contributed by atoms with van der Waals surface area (Å²) < 4.78 is 0. The Morgan fingerprint density at radius 2 is 1.30 bits per heavy atom. The number of aliphatic hydroxyl groups is 1. The van der Waals surface area contributed by atoms with Gasteiger partial charge in [0.05, 0.1) is 6.10 Å². The standard InChI is InChI=1S/C31H42O2/c1-23(13-9-10-14-24(2)17-12-18-26(4)28(6)32)15-11-16-25(3)19-20-30-27(5)21-29(33)22-31(30,7)8/h9-20,29,33H,21-22H2,1-8H3/b10-9+,15-11+,17-12+,20-19+,23-13+,24-14+,25-16+,26-18+/t29-/m0/s1. The Hall–Kier alpha value is -2.71. The largest absolute Gasteiger partial charge is 0.393 e. The average Bonchev–Trinajstić information content (AvgIpc) is 2.69. The molecule has 0 saturated heterocycles. The van der Waals surface area contributed by atoms with E-state index in [1.165, 1.54) is 22.3 Å². The van der Waals surface area contributed by atoms with Crippen molar-refractivity contribution in [3.63, 3.8) is 0 Å². The van der Waals surface area contributed by atoms with Gasteiger partial charge in [-0.15, -0.1) is 0 Å². The summed E-state index contributed by atoms with van der Waals surface area (Å²) in [7, 11) is 0. The van der Waals surface area contributed by atoms with Gasteiger partial charge >= 0.3 is 0 Å². The Bertz CT molecular complexity index is 966. The van der Waals surface area contributed by atoms with Crippen molar-refractivity contribution in [1.82, 2.24) is 0 Å². The second kappa shape index (κ2) is 13.7. The number of aliphatic hydroxyl groups excluding tert-OH is 1. The van der Waals surface area contributed by atoms with Gasteiger partial charge in [-0.1, -0.05) is 109 Å². The van der Waals surface area contributed by atoms with Gasteiger partial charge in [-0.3, -0.25) is 4.79 Å². The molecule has 0 aromatic carbocycles. The highest BCUT2D eigenvalue weighted by molar-refractivity contribution is 5.92. The number of allylic oxidation sites excluding steroid dienone is 17. The molecular weight excluding hydrogens is 404 g/mol. The zero-order valence-electron chi connectivity index (χ0n) is 21.8. The maximum absolute atomic E-state index is 11.2. The van der Waals surface area contributed by atoms with Crippen LogP contribution < -0.4 is 0 Å². The number of carbonyl (C=O) groups is 1. The van der Waals surface area contributed by atoms with Crippen molar-refractivity contribution < 1.29 is 9.90 Å². The zero-order chi connectivity index (χ0) is 25.0. The first-order valence-corrected chi connectivity index (χ1v) is 11.7. The van der Waals surface area contributed by atoms with Crippen molar-refractivity contribution in [2.45, 2.75) is 74.3 Å². The summed E-state index contributed by atoms with van der Waals surface area (Å²) in [6, 6.07) is 0. The number of Topliss-reactive ketones (excluding diaryl/α,β-unsaturated/α-hetero) is 1. The molecule has 0 aliphatic heterocycles. The highest BCUT2D eigenvalue weighted by Crippen LogP contribution is 2.41. The van der Waals surface area contributed by atoms with Gasteiger partial charge in [0.1, 0.15) is 0 Å². The van der Waals surface area contributed by atoms with Crippen LogP contribution in [0.4, 0.5) is 0 Å². The molecule has 0 aromatic rings. The fourth-order valence-electron chi connectivity index (χ4n) is 3.79. The molecule has 0 unspecified atom stereocenters. The molecule has 2 nitrogen and oxygen atoms in total. The van der Waals surface area contributed by atoms with E-state index >= 15 is 0 Å². The van der Waals surface area contributed by atoms with Gasteiger partial charge in [-0.2, -0.15) is 0 Å². The summed E-state index contributed by atoms with van der Waals surface area (Å²) in [5, 5.41) is 10.0. The summed E-state index contributed by atoms with van der Waals surface area (Å²) in [5.41, 5.74) is 6.86. The first-order chi connectivity index (χ1) is 15.4. The van der Waals surface area contributed by atoms with Crippen LogP contribution in [0.1, 0.15) is 68.2 Å². The molecule has 1 rings (SSSR count). The SMILES string of the molecule is CC(=O)/C(C)=C/C=C/C(C)=C/C=C/C=C(C)/C=C/C=C(C)/C=C/C1=C(C)C[C@H](O)CC1(C)C. The Labute approximate surface area is 201 Å². The van der Waals surface area contributed by atoms with E-state index in [9.17, 15) is 9.90 Å². The second-order valence-corrected chi connectivity index (χ2v) is 9.71. The van der Waals surface area contributed by atoms with E-state index in [1.54, 1.807) is 6.92 Å². The Balaban J connectivity index is 2.68. The lowest BCUT2D eigenvalue weighted by Gasteiger charge is -2.35. The van der Waals surface area contributed by atoms with Crippen LogP contribution in [-0.4, -0.2) is 17.0 Å². The second-order valence-electron chi connectivity index (χ2n) is 9.71. The van der Waals surface area contributed by atoms with Gasteiger partial charge < -0.3 is 5.11 Å². The molecule has 0 bridgehead atoms. The third-order valence-corrected chi connectivity index (χ3v) is 5.80. The van der Waals surface area contributed by atoms with Crippen LogP contribution in [0, 0.1) is 5.41 Å². The molecule has 33 heavy (non-hydrogen) atoms. The summed E-state index contributed by atoms with van der Waals surface area (Å²) in [5.74, 6) is 0.0947. The monoisotopic (exact) mass is 446 g/mol. The molecule has 1 N–H and O–H groups in total. The quantitative estimate of drug-likeness (QED) is 0.287. The van der Waals surface area contributed by atoms with Crippen molar-refractivity contribution in [2.75, 3.05) is 0 Å². The molecular formula is C31H42O2. The van der Waals surface area contributed by atoms with Crippen LogP contribution in [0.25, 0.3) is 0 Å². The minimum atomic E-state index is -0.226. The lowest BCUT2D eigenvalue weighted by molar-refractivity contribution is -0.113. The van der Waals surface area contributed by atoms with E-state index in [-0.39, 0.29) is 17.3 Å². The van der Waals surface area contributed by atoms with Crippen LogP contribution in [0.15, 0.2) is 106 Å². The molecule has 1 atom stereocenters. The third-order valence-electron chi connectivity index (χ3n) is 5.80. The van der Waals surface area contributed by atoms with E-state index in [4.69, 9.17) is 0 Å². The normalized spacial score (nSPS) is 21.4. The minimum absolute atomic E-state index is 0.00676. The Morgan fingerprint density at radius 1 is 0.818 bits per heavy atom. The average molecular weight is 447 g/mol. The van der Waals surface area contributed by atoms with Gasteiger partial charge in [-0.05, 0) is 70.9 Å². The molecule has 0 heterocycles. The lowest BCUT2D eigenvalue weighted by atomic mass is 9.71. The summed E-state index contributed by atoms with van der Waals surface area (Å²) in [6.07, 6.45) is 25.9. The summed E-state index contributed by atoms with van der Waals surface area (Å²) in [6.45, 7) is 16.2. The van der Waals surface area contributed by atoms with Crippen molar-refractivity contribution >= 4 is 5.78 Å². The van der Waals surface area contributed by atoms with Crippen molar-refractivity contribution in [3.8, 4) is 0 Å². The van der Waals surface area contributed by atoms with E-state index in [2.05, 4.69) is 71.1 Å². The molecule has 0 amide bonds. The van der Waals surface area contributed by atoms with Gasteiger partial charge in [0, 0.05) is 0 Å². The van der Waals surface area contributed by atoms with E-state index in [0.29, 0.717) is 0 Å². The zero-order valence-corrected chi connectivity index (χ0v) is 21.8. The predicted octanol–water partition coefficient (Wildman–Crippen LogP) is 8.08. The molecule has 0 fully saturated rings. The Kier molecular flexibility index (Phi) is 11.8. The molecule has 1 aliphatic carbocycles. The van der Waals surface area contributed by atoms with Crippen LogP contribution in [-0.2, 0) is 4.79 Å². The third kappa shape index (κ3) is 11.1. The van der Waals surface area contributed by atoms with Crippen LogP contribution in [0.5, 0.6) is 0 Å². The van der Waals surface area contributed by atoms with Gasteiger partial charge in [-0.25, -0.2) is 0 Å². The maximum atomic E-state index is 11.2. The molecule has 178 valence electrons. The van der Waals surface area contributed by atoms with E-state index < -0.39 is 0 Å². The summed E-state index contributed by atoms with van der Waals surface area (Å²) in [4.78, 5) is 11.2. The van der Waals surface area contributed by atoms with E-state index in [1.807, 2.05) is 50.3 Å². The minimum Gasteiger partial charge on any atom is -0.393 e. The van der Waals surface area contributed by atoms with Crippen LogP contribution in [0.3, 0.4) is 0 Å². The van der Waals surface area contributed by atoms with Crippen LogP contribution >= 0.6 is 0 Å². The molecule has 0 radical (unpaired) electrons. The Morgan fingerprint density at radius 3 is 1.82 bits per heavy atom. The van der Waals surface area contributed by atoms with Crippen molar-refractivity contribution in [3.05, 3.63) is 106 Å². The molecule has 1 aliphatic rings. The maximum Gasteiger partial charge on any atom is 0.155 e. The number of rotatable bonds is 9. The molecule has 0 saturated carbocycles. The smallest absolute Gasteiger partial charge is 0.155 e. The fourth-order valence-corrected chi connectivity index (χ4v) is 3.79. The number of ketones is 1. The first kappa shape index (κ1) is 28.3. The number of hydrogen-bond acceptors (Lipinski definition) is 2. The van der Waals surface area contributed by atoms with Gasteiger partial charge in [0.2, 0.25) is 0 Å². The van der Waals surface area contributed by atoms with Crippen molar-refractivity contribution in [1.29, 1.82) is 0 Å².